The molecule has 0 spiro atoms. The normalized spacial score (nSPS) is 12.8. The van der Waals surface area contributed by atoms with Gasteiger partial charge in [0.1, 0.15) is 12.1 Å². The van der Waals surface area contributed by atoms with Crippen molar-refractivity contribution in [2.45, 2.75) is 26.8 Å². The molecule has 0 bridgehead atoms. The van der Waals surface area contributed by atoms with Crippen LogP contribution in [-0.2, 0) is 4.74 Å². The van der Waals surface area contributed by atoms with Crippen LogP contribution < -0.4 is 5.32 Å². The summed E-state index contributed by atoms with van der Waals surface area (Å²) in [6.45, 7) is 7.73. The van der Waals surface area contributed by atoms with Gasteiger partial charge in [0.15, 0.2) is 0 Å². The molecule has 1 aromatic rings. The lowest BCUT2D eigenvalue weighted by Gasteiger charge is -2.23. The van der Waals surface area contributed by atoms with E-state index in [0.29, 0.717) is 12.5 Å². The second-order valence-electron chi connectivity index (χ2n) is 3.87. The van der Waals surface area contributed by atoms with E-state index in [-0.39, 0.29) is 6.04 Å². The SMILES string of the molecule is CCOCC(Nc1ncncc1Br)C(C)C. The zero-order valence-electron chi connectivity index (χ0n) is 9.90. The molecule has 0 aromatic carbocycles. The summed E-state index contributed by atoms with van der Waals surface area (Å²) >= 11 is 3.41. The number of nitrogens with one attached hydrogen (secondary N) is 1. The van der Waals surface area contributed by atoms with Crippen LogP contribution in [-0.4, -0.2) is 29.2 Å². The average Bonchev–Trinajstić information content (AvgIpc) is 2.26. The second-order valence-corrected chi connectivity index (χ2v) is 4.73. The Balaban J connectivity index is 2.64. The van der Waals surface area contributed by atoms with Crippen LogP contribution in [0.3, 0.4) is 0 Å². The Bertz CT molecular complexity index is 320. The third-order valence-corrected chi connectivity index (χ3v) is 2.88. The first-order chi connectivity index (χ1) is 7.65. The van der Waals surface area contributed by atoms with Crippen LogP contribution in [0.15, 0.2) is 17.0 Å². The van der Waals surface area contributed by atoms with Crippen molar-refractivity contribution in [1.29, 1.82) is 0 Å². The Morgan fingerprint density at radius 2 is 2.25 bits per heavy atom. The summed E-state index contributed by atoms with van der Waals surface area (Å²) in [7, 11) is 0. The van der Waals surface area contributed by atoms with Gasteiger partial charge in [0, 0.05) is 12.8 Å². The molecule has 1 rings (SSSR count). The highest BCUT2D eigenvalue weighted by molar-refractivity contribution is 9.10. The summed E-state index contributed by atoms with van der Waals surface area (Å²) in [5, 5.41) is 3.36. The van der Waals surface area contributed by atoms with Crippen molar-refractivity contribution in [2.24, 2.45) is 5.92 Å². The molecule has 4 nitrogen and oxygen atoms in total. The summed E-state index contributed by atoms with van der Waals surface area (Å²) < 4.78 is 6.32. The van der Waals surface area contributed by atoms with Gasteiger partial charge in [0.25, 0.3) is 0 Å². The number of hydrogen-bond acceptors (Lipinski definition) is 4. The lowest BCUT2D eigenvalue weighted by Crippen LogP contribution is -2.31. The Morgan fingerprint density at radius 3 is 2.81 bits per heavy atom. The van der Waals surface area contributed by atoms with Crippen LogP contribution in [0.1, 0.15) is 20.8 Å². The zero-order chi connectivity index (χ0) is 12.0. The van der Waals surface area contributed by atoms with Gasteiger partial charge in [0.2, 0.25) is 0 Å². The van der Waals surface area contributed by atoms with Crippen molar-refractivity contribution >= 4 is 21.7 Å². The first kappa shape index (κ1) is 13.4. The van der Waals surface area contributed by atoms with Gasteiger partial charge < -0.3 is 10.1 Å². The molecule has 0 radical (unpaired) electrons. The van der Waals surface area contributed by atoms with Gasteiger partial charge in [-0.15, -0.1) is 0 Å². The van der Waals surface area contributed by atoms with Crippen LogP contribution >= 0.6 is 15.9 Å². The van der Waals surface area contributed by atoms with Crippen molar-refractivity contribution in [2.75, 3.05) is 18.5 Å². The molecule has 0 fully saturated rings. The topological polar surface area (TPSA) is 47.0 Å². The first-order valence-electron chi connectivity index (χ1n) is 5.45. The Hall–Kier alpha value is -0.680. The molecule has 1 atom stereocenters. The number of nitrogens with zero attached hydrogens (tertiary/aromatic N) is 2. The molecule has 1 heterocycles. The van der Waals surface area contributed by atoms with Gasteiger partial charge >= 0.3 is 0 Å². The minimum absolute atomic E-state index is 0.256. The summed E-state index contributed by atoms with van der Waals surface area (Å²) in [5.74, 6) is 1.29. The van der Waals surface area contributed by atoms with Crippen LogP contribution in [0, 0.1) is 5.92 Å². The third-order valence-electron chi connectivity index (χ3n) is 2.30. The highest BCUT2D eigenvalue weighted by Crippen LogP contribution is 2.19. The monoisotopic (exact) mass is 287 g/mol. The Morgan fingerprint density at radius 1 is 1.50 bits per heavy atom. The van der Waals surface area contributed by atoms with E-state index in [4.69, 9.17) is 4.74 Å². The molecular weight excluding hydrogens is 270 g/mol. The molecule has 1 N–H and O–H groups in total. The van der Waals surface area contributed by atoms with Crippen LogP contribution in [0.4, 0.5) is 5.82 Å². The third kappa shape index (κ3) is 4.06. The summed E-state index contributed by atoms with van der Waals surface area (Å²) in [4.78, 5) is 8.11. The highest BCUT2D eigenvalue weighted by Gasteiger charge is 2.15. The van der Waals surface area contributed by atoms with Gasteiger partial charge in [-0.05, 0) is 28.8 Å². The maximum atomic E-state index is 5.45. The molecule has 0 aliphatic heterocycles. The zero-order valence-corrected chi connectivity index (χ0v) is 11.5. The number of rotatable bonds is 6. The van der Waals surface area contributed by atoms with Crippen molar-refractivity contribution < 1.29 is 4.74 Å². The molecule has 16 heavy (non-hydrogen) atoms. The van der Waals surface area contributed by atoms with Crippen molar-refractivity contribution in [1.82, 2.24) is 9.97 Å². The standard InChI is InChI=1S/C11H18BrN3O/c1-4-16-6-10(8(2)3)15-11-9(12)5-13-7-14-11/h5,7-8,10H,4,6H2,1-3H3,(H,13,14,15). The van der Waals surface area contributed by atoms with Gasteiger partial charge in [-0.2, -0.15) is 0 Å². The highest BCUT2D eigenvalue weighted by atomic mass is 79.9. The fourth-order valence-electron chi connectivity index (χ4n) is 1.24. The van der Waals surface area contributed by atoms with E-state index in [9.17, 15) is 0 Å². The van der Waals surface area contributed by atoms with E-state index in [2.05, 4.69) is 45.1 Å². The molecule has 1 unspecified atom stereocenters. The van der Waals surface area contributed by atoms with E-state index < -0.39 is 0 Å². The number of aromatic nitrogens is 2. The molecule has 0 saturated heterocycles. The molecule has 0 saturated carbocycles. The smallest absolute Gasteiger partial charge is 0.144 e. The van der Waals surface area contributed by atoms with Crippen molar-refractivity contribution in [3.8, 4) is 0 Å². The number of ether oxygens (including phenoxy) is 1. The number of hydrogen-bond donors (Lipinski definition) is 1. The van der Waals surface area contributed by atoms with Gasteiger partial charge in [-0.3, -0.25) is 0 Å². The maximum absolute atomic E-state index is 5.45. The van der Waals surface area contributed by atoms with Crippen molar-refractivity contribution in [3.05, 3.63) is 17.0 Å². The maximum Gasteiger partial charge on any atom is 0.144 e. The largest absolute Gasteiger partial charge is 0.380 e. The van der Waals surface area contributed by atoms with E-state index in [1.165, 1.54) is 6.33 Å². The fourth-order valence-corrected chi connectivity index (χ4v) is 1.58. The van der Waals surface area contributed by atoms with E-state index >= 15 is 0 Å². The molecule has 5 heteroatoms. The molecular formula is C11H18BrN3O. The summed E-state index contributed by atoms with van der Waals surface area (Å²) in [5.41, 5.74) is 0. The Labute approximate surface area is 105 Å². The Kier molecular flexibility index (Phi) is 5.69. The lowest BCUT2D eigenvalue weighted by atomic mass is 10.1. The molecule has 90 valence electrons. The van der Waals surface area contributed by atoms with E-state index in [1.54, 1.807) is 6.20 Å². The summed E-state index contributed by atoms with van der Waals surface area (Å²) in [6, 6.07) is 0.256. The van der Waals surface area contributed by atoms with Gasteiger partial charge in [-0.1, -0.05) is 13.8 Å². The minimum Gasteiger partial charge on any atom is -0.380 e. The minimum atomic E-state index is 0.256. The second kappa shape index (κ2) is 6.81. The molecule has 0 amide bonds. The van der Waals surface area contributed by atoms with E-state index in [1.807, 2.05) is 6.92 Å². The van der Waals surface area contributed by atoms with E-state index in [0.717, 1.165) is 16.9 Å². The summed E-state index contributed by atoms with van der Waals surface area (Å²) in [6.07, 6.45) is 3.26. The molecule has 0 aliphatic rings. The van der Waals surface area contributed by atoms with Gasteiger partial charge in [0.05, 0.1) is 17.1 Å². The fraction of sp³-hybridized carbons (Fsp3) is 0.636. The number of halogens is 1. The van der Waals surface area contributed by atoms with Crippen LogP contribution in [0.25, 0.3) is 0 Å². The predicted molar refractivity (Wildman–Crippen MR) is 68.5 cm³/mol. The van der Waals surface area contributed by atoms with Crippen LogP contribution in [0.5, 0.6) is 0 Å². The quantitative estimate of drug-likeness (QED) is 0.874. The van der Waals surface area contributed by atoms with Crippen molar-refractivity contribution in [3.63, 3.8) is 0 Å². The molecule has 0 aliphatic carbocycles. The van der Waals surface area contributed by atoms with Gasteiger partial charge in [-0.25, -0.2) is 9.97 Å². The number of anilines is 1. The average molecular weight is 288 g/mol. The van der Waals surface area contributed by atoms with Crippen LogP contribution in [0.2, 0.25) is 0 Å². The first-order valence-corrected chi connectivity index (χ1v) is 6.24. The molecule has 1 aromatic heterocycles. The lowest BCUT2D eigenvalue weighted by molar-refractivity contribution is 0.126. The predicted octanol–water partition coefficient (Wildman–Crippen LogP) is 2.71.